The number of aryl methyl sites for hydroxylation is 1. The van der Waals surface area contributed by atoms with Gasteiger partial charge in [-0.3, -0.25) is 14.4 Å². The Labute approximate surface area is 193 Å². The van der Waals surface area contributed by atoms with E-state index in [2.05, 4.69) is 10.4 Å². The van der Waals surface area contributed by atoms with E-state index in [1.807, 2.05) is 63.2 Å². The molecule has 2 aromatic carbocycles. The molecule has 2 amide bonds. The van der Waals surface area contributed by atoms with Gasteiger partial charge in [0, 0.05) is 35.5 Å². The lowest BCUT2D eigenvalue weighted by Crippen LogP contribution is -2.39. The van der Waals surface area contributed by atoms with E-state index in [0.717, 1.165) is 28.8 Å². The Hall–Kier alpha value is -3.74. The Morgan fingerprint density at radius 2 is 1.79 bits per heavy atom. The molecule has 1 atom stereocenters. The first-order chi connectivity index (χ1) is 15.8. The molecule has 1 unspecified atom stereocenters. The number of rotatable bonds is 5. The van der Waals surface area contributed by atoms with Gasteiger partial charge in [0.25, 0.3) is 11.5 Å². The summed E-state index contributed by atoms with van der Waals surface area (Å²) in [4.78, 5) is 39.8. The lowest BCUT2D eigenvalue weighted by Gasteiger charge is -2.22. The van der Waals surface area contributed by atoms with Gasteiger partial charge in [-0.05, 0) is 49.6 Å². The molecule has 0 bridgehead atoms. The normalized spacial score (nSPS) is 13.7. The van der Waals surface area contributed by atoms with E-state index in [-0.39, 0.29) is 23.3 Å². The number of fused-ring (bicyclic) bond motifs is 1. The highest BCUT2D eigenvalue weighted by molar-refractivity contribution is 5.97. The van der Waals surface area contributed by atoms with Gasteiger partial charge in [-0.15, -0.1) is 0 Å². The fourth-order valence-corrected chi connectivity index (χ4v) is 3.95. The number of para-hydroxylation sites is 1. The zero-order valence-electron chi connectivity index (χ0n) is 19.3. The Morgan fingerprint density at radius 1 is 1.03 bits per heavy atom. The van der Waals surface area contributed by atoms with Crippen molar-refractivity contribution in [3.05, 3.63) is 76.1 Å². The second-order valence-electron chi connectivity index (χ2n) is 8.72. The number of hydrogen-bond acceptors (Lipinski definition) is 4. The van der Waals surface area contributed by atoms with Crippen LogP contribution in [0.4, 0.5) is 11.4 Å². The van der Waals surface area contributed by atoms with E-state index < -0.39 is 6.04 Å². The van der Waals surface area contributed by atoms with Crippen LogP contribution in [0.25, 0.3) is 11.3 Å². The number of carbonyl (C=O) groups excluding carboxylic acids is 2. The highest BCUT2D eigenvalue weighted by Gasteiger charge is 2.29. The molecule has 7 nitrogen and oxygen atoms in total. The smallest absolute Gasteiger partial charge is 0.267 e. The van der Waals surface area contributed by atoms with Crippen molar-refractivity contribution in [1.82, 2.24) is 9.78 Å². The number of nitrogens with zero attached hydrogens (tertiary/aromatic N) is 3. The lowest BCUT2D eigenvalue weighted by molar-refractivity contribution is -0.121. The summed E-state index contributed by atoms with van der Waals surface area (Å²) < 4.78 is 1.24. The van der Waals surface area contributed by atoms with Gasteiger partial charge in [0.2, 0.25) is 5.91 Å². The summed E-state index contributed by atoms with van der Waals surface area (Å²) in [6.07, 6.45) is 0.797. The number of nitrogens with one attached hydrogen (secondary N) is 1. The minimum atomic E-state index is -0.755. The minimum absolute atomic E-state index is 0.0710. The van der Waals surface area contributed by atoms with Crippen molar-refractivity contribution in [1.29, 1.82) is 0 Å². The van der Waals surface area contributed by atoms with Crippen LogP contribution in [-0.4, -0.2) is 28.1 Å². The molecule has 1 aliphatic rings. The van der Waals surface area contributed by atoms with Crippen LogP contribution in [-0.2, 0) is 16.0 Å². The SMILES string of the molecule is Cc1ccc(-c2ccc(=O)n(C(C)C(=O)N3CCc4ccccc43)n2)cc1NC(=O)C(C)C. The summed E-state index contributed by atoms with van der Waals surface area (Å²) >= 11 is 0. The number of aromatic nitrogens is 2. The molecule has 0 aliphatic carbocycles. The molecule has 0 saturated carbocycles. The van der Waals surface area contributed by atoms with E-state index in [4.69, 9.17) is 0 Å². The highest BCUT2D eigenvalue weighted by Crippen LogP contribution is 2.29. The number of anilines is 2. The van der Waals surface area contributed by atoms with Crippen LogP contribution in [0, 0.1) is 12.8 Å². The molecule has 170 valence electrons. The summed E-state index contributed by atoms with van der Waals surface area (Å²) in [5.74, 6) is -0.380. The Bertz CT molecular complexity index is 1280. The molecule has 2 heterocycles. The second kappa shape index (κ2) is 9.02. The molecular weight excluding hydrogens is 416 g/mol. The van der Waals surface area contributed by atoms with Crippen LogP contribution in [0.2, 0.25) is 0 Å². The van der Waals surface area contributed by atoms with Crippen molar-refractivity contribution in [3.8, 4) is 11.3 Å². The van der Waals surface area contributed by atoms with Crippen LogP contribution in [0.5, 0.6) is 0 Å². The van der Waals surface area contributed by atoms with Gasteiger partial charge in [0.1, 0.15) is 6.04 Å². The largest absolute Gasteiger partial charge is 0.326 e. The number of hydrogen-bond donors (Lipinski definition) is 1. The van der Waals surface area contributed by atoms with Gasteiger partial charge in [-0.2, -0.15) is 5.10 Å². The van der Waals surface area contributed by atoms with Gasteiger partial charge in [-0.1, -0.05) is 44.2 Å². The fraction of sp³-hybridized carbons (Fsp3) is 0.308. The molecule has 3 aromatic rings. The van der Waals surface area contributed by atoms with Crippen molar-refractivity contribution < 1.29 is 9.59 Å². The molecule has 0 saturated heterocycles. The van der Waals surface area contributed by atoms with Crippen LogP contribution < -0.4 is 15.8 Å². The first-order valence-corrected chi connectivity index (χ1v) is 11.2. The van der Waals surface area contributed by atoms with E-state index in [0.29, 0.717) is 17.9 Å². The molecule has 33 heavy (non-hydrogen) atoms. The number of carbonyl (C=O) groups is 2. The monoisotopic (exact) mass is 444 g/mol. The quantitative estimate of drug-likeness (QED) is 0.646. The number of benzene rings is 2. The maximum absolute atomic E-state index is 13.3. The third kappa shape index (κ3) is 4.44. The highest BCUT2D eigenvalue weighted by atomic mass is 16.2. The summed E-state index contributed by atoms with van der Waals surface area (Å²) in [6.45, 7) is 7.88. The van der Waals surface area contributed by atoms with Crippen molar-refractivity contribution in [2.45, 2.75) is 40.2 Å². The molecular formula is C26H28N4O3. The molecule has 0 radical (unpaired) electrons. The van der Waals surface area contributed by atoms with Gasteiger partial charge in [0.05, 0.1) is 5.69 Å². The zero-order valence-corrected chi connectivity index (χ0v) is 19.3. The van der Waals surface area contributed by atoms with Crippen molar-refractivity contribution >= 4 is 23.2 Å². The average Bonchev–Trinajstić information content (AvgIpc) is 3.24. The van der Waals surface area contributed by atoms with Gasteiger partial charge in [0.15, 0.2) is 0 Å². The van der Waals surface area contributed by atoms with Crippen molar-refractivity contribution in [2.24, 2.45) is 5.92 Å². The molecule has 1 N–H and O–H groups in total. The summed E-state index contributed by atoms with van der Waals surface area (Å²) in [5, 5.41) is 7.46. The van der Waals surface area contributed by atoms with Crippen molar-refractivity contribution in [2.75, 3.05) is 16.8 Å². The first kappa shape index (κ1) is 22.5. The Kier molecular flexibility index (Phi) is 6.14. The van der Waals surface area contributed by atoms with Crippen LogP contribution in [0.1, 0.15) is 37.9 Å². The third-order valence-corrected chi connectivity index (χ3v) is 6.02. The van der Waals surface area contributed by atoms with E-state index in [1.54, 1.807) is 17.9 Å². The van der Waals surface area contributed by atoms with Gasteiger partial charge >= 0.3 is 0 Å². The summed E-state index contributed by atoms with van der Waals surface area (Å²) in [6, 6.07) is 15.8. The second-order valence-corrected chi connectivity index (χ2v) is 8.72. The standard InChI is InChI=1S/C26H28N4O3/c1-16(2)25(32)27-22-15-20(10-9-17(22)3)21-11-12-24(31)30(28-21)18(4)26(33)29-14-13-19-7-5-6-8-23(19)29/h5-12,15-16,18H,13-14H2,1-4H3,(H,27,32). The number of amides is 2. The van der Waals surface area contributed by atoms with Crippen molar-refractivity contribution in [3.63, 3.8) is 0 Å². The molecule has 0 spiro atoms. The average molecular weight is 445 g/mol. The van der Waals surface area contributed by atoms with E-state index in [1.165, 1.54) is 10.7 Å². The van der Waals surface area contributed by atoms with Gasteiger partial charge < -0.3 is 10.2 Å². The predicted molar refractivity (Wildman–Crippen MR) is 129 cm³/mol. The summed E-state index contributed by atoms with van der Waals surface area (Å²) in [7, 11) is 0. The fourth-order valence-electron chi connectivity index (χ4n) is 3.95. The van der Waals surface area contributed by atoms with Crippen LogP contribution in [0.15, 0.2) is 59.4 Å². The lowest BCUT2D eigenvalue weighted by atomic mass is 10.1. The molecule has 7 heteroatoms. The molecule has 1 aromatic heterocycles. The maximum atomic E-state index is 13.3. The predicted octanol–water partition coefficient (Wildman–Crippen LogP) is 3.96. The van der Waals surface area contributed by atoms with Crippen LogP contribution >= 0.6 is 0 Å². The third-order valence-electron chi connectivity index (χ3n) is 6.02. The van der Waals surface area contributed by atoms with E-state index in [9.17, 15) is 14.4 Å². The molecule has 1 aliphatic heterocycles. The summed E-state index contributed by atoms with van der Waals surface area (Å²) in [5.41, 5.74) is 4.61. The minimum Gasteiger partial charge on any atom is -0.326 e. The Morgan fingerprint density at radius 3 is 2.55 bits per heavy atom. The molecule has 4 rings (SSSR count). The topological polar surface area (TPSA) is 84.3 Å². The van der Waals surface area contributed by atoms with Gasteiger partial charge in [-0.25, -0.2) is 4.68 Å². The Balaban J connectivity index is 1.64. The zero-order chi connectivity index (χ0) is 23.7. The maximum Gasteiger partial charge on any atom is 0.267 e. The molecule has 0 fully saturated rings. The first-order valence-electron chi connectivity index (χ1n) is 11.2. The van der Waals surface area contributed by atoms with E-state index >= 15 is 0 Å². The van der Waals surface area contributed by atoms with Crippen LogP contribution in [0.3, 0.4) is 0 Å².